The minimum atomic E-state index is -0.686. The Morgan fingerprint density at radius 1 is 0.833 bits per heavy atom. The van der Waals surface area contributed by atoms with Gasteiger partial charge in [0.15, 0.2) is 0 Å². The van der Waals surface area contributed by atoms with E-state index in [-0.39, 0.29) is 22.7 Å². The molecule has 0 saturated heterocycles. The average Bonchev–Trinajstić information content (AvgIpc) is 3.25. The number of aromatic amines is 1. The van der Waals surface area contributed by atoms with E-state index in [0.717, 1.165) is 16.5 Å². The van der Waals surface area contributed by atoms with Crippen LogP contribution in [0.5, 0.6) is 5.75 Å². The van der Waals surface area contributed by atoms with Crippen LogP contribution in [0.4, 0.5) is 15.8 Å². The van der Waals surface area contributed by atoms with Crippen molar-refractivity contribution in [3.63, 3.8) is 0 Å². The van der Waals surface area contributed by atoms with Crippen molar-refractivity contribution >= 4 is 45.7 Å². The third-order valence-electron chi connectivity index (χ3n) is 5.67. The van der Waals surface area contributed by atoms with E-state index in [9.17, 15) is 19.1 Å². The van der Waals surface area contributed by atoms with Crippen LogP contribution < -0.4 is 10.6 Å². The molecular formula is C28H19ClFN3O3. The number of halogens is 2. The standard InChI is InChI=1S/C28H19ClFN3O3/c29-17-10-13-22-20(14-17)25(16-6-2-1-3-7-16)26(32-22)28(36)31-18-11-12-19(24(34)15-18)27(35)33-23-9-5-4-8-21(23)30/h1-15,32,34H,(H,31,36)(H,33,35). The fourth-order valence-electron chi connectivity index (χ4n) is 3.99. The number of hydrogen-bond donors (Lipinski definition) is 4. The summed E-state index contributed by atoms with van der Waals surface area (Å²) in [7, 11) is 0. The number of carbonyl (C=O) groups is 2. The van der Waals surface area contributed by atoms with Crippen LogP contribution in [-0.4, -0.2) is 21.9 Å². The topological polar surface area (TPSA) is 94.2 Å². The molecule has 0 radical (unpaired) electrons. The number of aromatic nitrogens is 1. The van der Waals surface area contributed by atoms with Gasteiger partial charge in [0.25, 0.3) is 11.8 Å². The summed E-state index contributed by atoms with van der Waals surface area (Å²) >= 11 is 6.22. The van der Waals surface area contributed by atoms with Gasteiger partial charge in [-0.05, 0) is 48.0 Å². The van der Waals surface area contributed by atoms with Crippen molar-refractivity contribution in [1.29, 1.82) is 0 Å². The Kier molecular flexibility index (Phi) is 6.14. The van der Waals surface area contributed by atoms with Gasteiger partial charge in [-0.25, -0.2) is 4.39 Å². The number of phenols is 1. The van der Waals surface area contributed by atoms with E-state index in [2.05, 4.69) is 15.6 Å². The molecule has 5 rings (SSSR count). The lowest BCUT2D eigenvalue weighted by atomic mass is 10.0. The average molecular weight is 500 g/mol. The molecule has 0 unspecified atom stereocenters. The van der Waals surface area contributed by atoms with Crippen LogP contribution in [0, 0.1) is 5.82 Å². The summed E-state index contributed by atoms with van der Waals surface area (Å²) in [5.74, 6) is -2.09. The van der Waals surface area contributed by atoms with Crippen LogP contribution in [0.1, 0.15) is 20.8 Å². The molecule has 0 saturated carbocycles. The molecule has 4 N–H and O–H groups in total. The van der Waals surface area contributed by atoms with E-state index >= 15 is 0 Å². The largest absolute Gasteiger partial charge is 0.507 e. The lowest BCUT2D eigenvalue weighted by Crippen LogP contribution is -2.15. The van der Waals surface area contributed by atoms with Gasteiger partial charge >= 0.3 is 0 Å². The molecule has 0 fully saturated rings. The minimum Gasteiger partial charge on any atom is -0.507 e. The second-order valence-corrected chi connectivity index (χ2v) is 8.49. The fourth-order valence-corrected chi connectivity index (χ4v) is 4.16. The van der Waals surface area contributed by atoms with Crippen LogP contribution in [0.2, 0.25) is 5.02 Å². The zero-order chi connectivity index (χ0) is 25.2. The lowest BCUT2D eigenvalue weighted by Gasteiger charge is -2.11. The van der Waals surface area contributed by atoms with Gasteiger partial charge in [-0.1, -0.05) is 54.1 Å². The van der Waals surface area contributed by atoms with Crippen molar-refractivity contribution in [1.82, 2.24) is 4.98 Å². The highest BCUT2D eigenvalue weighted by Crippen LogP contribution is 2.34. The normalized spacial score (nSPS) is 10.8. The number of aromatic hydroxyl groups is 1. The molecular weight excluding hydrogens is 481 g/mol. The van der Waals surface area contributed by atoms with Crippen LogP contribution in [0.15, 0.2) is 91.0 Å². The molecule has 0 aliphatic rings. The Morgan fingerprint density at radius 3 is 2.33 bits per heavy atom. The second kappa shape index (κ2) is 9.56. The van der Waals surface area contributed by atoms with Gasteiger partial charge in [0, 0.05) is 33.2 Å². The summed E-state index contributed by atoms with van der Waals surface area (Å²) in [6, 6.07) is 24.6. The van der Waals surface area contributed by atoms with Gasteiger partial charge in [-0.2, -0.15) is 0 Å². The summed E-state index contributed by atoms with van der Waals surface area (Å²) in [6.07, 6.45) is 0. The minimum absolute atomic E-state index is 0.00775. The molecule has 0 spiro atoms. The fraction of sp³-hybridized carbons (Fsp3) is 0. The number of amides is 2. The number of fused-ring (bicyclic) bond motifs is 1. The van der Waals surface area contributed by atoms with Crippen molar-refractivity contribution in [2.45, 2.75) is 0 Å². The number of anilines is 2. The van der Waals surface area contributed by atoms with Crippen molar-refractivity contribution in [3.05, 3.63) is 113 Å². The molecule has 1 aromatic heterocycles. The summed E-state index contributed by atoms with van der Waals surface area (Å²) in [4.78, 5) is 29.0. The molecule has 6 nitrogen and oxygen atoms in total. The highest BCUT2D eigenvalue weighted by Gasteiger charge is 2.21. The molecule has 0 aliphatic carbocycles. The van der Waals surface area contributed by atoms with Gasteiger partial charge in [-0.3, -0.25) is 9.59 Å². The van der Waals surface area contributed by atoms with Crippen LogP contribution in [-0.2, 0) is 0 Å². The summed E-state index contributed by atoms with van der Waals surface area (Å²) < 4.78 is 13.9. The highest BCUT2D eigenvalue weighted by molar-refractivity contribution is 6.31. The Morgan fingerprint density at radius 2 is 1.58 bits per heavy atom. The molecule has 0 bridgehead atoms. The van der Waals surface area contributed by atoms with Gasteiger partial charge in [0.1, 0.15) is 17.3 Å². The molecule has 8 heteroatoms. The van der Waals surface area contributed by atoms with E-state index < -0.39 is 17.6 Å². The Bertz CT molecular complexity index is 1620. The Hall–Kier alpha value is -4.62. The number of H-pyrrole nitrogens is 1. The maximum absolute atomic E-state index is 13.9. The molecule has 2 amide bonds. The lowest BCUT2D eigenvalue weighted by molar-refractivity contribution is 0.101. The van der Waals surface area contributed by atoms with E-state index in [1.54, 1.807) is 24.3 Å². The van der Waals surface area contributed by atoms with Crippen molar-refractivity contribution in [3.8, 4) is 16.9 Å². The molecule has 0 aliphatic heterocycles. The molecule has 4 aromatic carbocycles. The first-order valence-electron chi connectivity index (χ1n) is 11.0. The van der Waals surface area contributed by atoms with E-state index in [0.29, 0.717) is 16.3 Å². The number of hydrogen-bond acceptors (Lipinski definition) is 3. The zero-order valence-corrected chi connectivity index (χ0v) is 19.4. The molecule has 5 aromatic rings. The number of para-hydroxylation sites is 1. The maximum Gasteiger partial charge on any atom is 0.272 e. The summed E-state index contributed by atoms with van der Waals surface area (Å²) in [6.45, 7) is 0. The number of nitrogens with one attached hydrogen (secondary N) is 3. The third kappa shape index (κ3) is 4.52. The number of benzene rings is 4. The van der Waals surface area contributed by atoms with Crippen molar-refractivity contribution in [2.75, 3.05) is 10.6 Å². The second-order valence-electron chi connectivity index (χ2n) is 8.05. The van der Waals surface area contributed by atoms with Gasteiger partial charge in [0.05, 0.1) is 11.3 Å². The third-order valence-corrected chi connectivity index (χ3v) is 5.91. The molecule has 1 heterocycles. The number of phenolic OH excluding ortho intramolecular Hbond substituents is 1. The summed E-state index contributed by atoms with van der Waals surface area (Å²) in [5, 5.41) is 17.0. The maximum atomic E-state index is 13.9. The zero-order valence-electron chi connectivity index (χ0n) is 18.7. The monoisotopic (exact) mass is 499 g/mol. The number of rotatable bonds is 5. The van der Waals surface area contributed by atoms with E-state index in [4.69, 9.17) is 11.6 Å². The SMILES string of the molecule is O=C(Nc1ccccc1F)c1ccc(NC(=O)c2[nH]c3ccc(Cl)cc3c2-c2ccccc2)cc1O. The molecule has 0 atom stereocenters. The highest BCUT2D eigenvalue weighted by atomic mass is 35.5. The quantitative estimate of drug-likeness (QED) is 0.213. The number of carbonyl (C=O) groups excluding carboxylic acids is 2. The van der Waals surface area contributed by atoms with Crippen LogP contribution in [0.25, 0.3) is 22.0 Å². The van der Waals surface area contributed by atoms with Crippen molar-refractivity contribution in [2.24, 2.45) is 0 Å². The van der Waals surface area contributed by atoms with Gasteiger partial charge in [0.2, 0.25) is 0 Å². The van der Waals surface area contributed by atoms with Gasteiger partial charge < -0.3 is 20.7 Å². The van der Waals surface area contributed by atoms with Gasteiger partial charge in [-0.15, -0.1) is 0 Å². The Labute approximate surface area is 210 Å². The molecule has 36 heavy (non-hydrogen) atoms. The van der Waals surface area contributed by atoms with E-state index in [1.165, 1.54) is 36.4 Å². The smallest absolute Gasteiger partial charge is 0.272 e. The predicted octanol–water partition coefficient (Wildman–Crippen LogP) is 6.84. The Balaban J connectivity index is 1.43. The predicted molar refractivity (Wildman–Crippen MR) is 139 cm³/mol. The van der Waals surface area contributed by atoms with Crippen molar-refractivity contribution < 1.29 is 19.1 Å². The molecule has 178 valence electrons. The van der Waals surface area contributed by atoms with Crippen LogP contribution in [0.3, 0.4) is 0 Å². The first-order chi connectivity index (χ1) is 17.4. The first-order valence-corrected chi connectivity index (χ1v) is 11.4. The first kappa shape index (κ1) is 23.1. The van der Waals surface area contributed by atoms with Crippen LogP contribution >= 0.6 is 11.6 Å². The van der Waals surface area contributed by atoms with E-state index in [1.807, 2.05) is 30.3 Å². The summed E-state index contributed by atoms with van der Waals surface area (Å²) in [5.41, 5.74) is 2.78.